The second-order valence-electron chi connectivity index (χ2n) is 3.75. The van der Waals surface area contributed by atoms with Crippen molar-refractivity contribution in [3.63, 3.8) is 0 Å². The number of aromatic nitrogens is 1. The molecule has 0 aliphatic rings. The van der Waals surface area contributed by atoms with Crippen LogP contribution in [0.2, 0.25) is 0 Å². The van der Waals surface area contributed by atoms with Gasteiger partial charge in [0.1, 0.15) is 0 Å². The predicted molar refractivity (Wildman–Crippen MR) is 66.2 cm³/mol. The maximum Gasteiger partial charge on any atom is 0.258 e. The highest BCUT2D eigenvalue weighted by molar-refractivity contribution is 5.77. The number of ether oxygens (including phenoxy) is 1. The molecule has 1 heterocycles. The van der Waals surface area contributed by atoms with E-state index < -0.39 is 0 Å². The van der Waals surface area contributed by atoms with Gasteiger partial charge in [0, 0.05) is 18.9 Å². The molecule has 0 aliphatic carbocycles. The molecule has 1 aromatic carbocycles. The quantitative estimate of drug-likeness (QED) is 0.746. The van der Waals surface area contributed by atoms with Crippen molar-refractivity contribution in [1.82, 2.24) is 10.3 Å². The van der Waals surface area contributed by atoms with Crippen molar-refractivity contribution >= 4 is 5.91 Å². The molecular weight excluding hydrogens is 232 g/mol. The molecule has 94 valence electrons. The van der Waals surface area contributed by atoms with Gasteiger partial charge in [-0.2, -0.15) is 0 Å². The summed E-state index contributed by atoms with van der Waals surface area (Å²) in [6.45, 7) is 0.328. The van der Waals surface area contributed by atoms with Crippen molar-refractivity contribution in [2.24, 2.45) is 0 Å². The predicted octanol–water partition coefficient (Wildman–Crippen LogP) is 1.42. The average Bonchev–Trinajstić information content (AvgIpc) is 2.88. The molecule has 0 fully saturated rings. The number of hydrogen-bond donors (Lipinski definition) is 3. The summed E-state index contributed by atoms with van der Waals surface area (Å²) in [5.74, 6) is 0.0877. The number of amides is 1. The topological polar surface area (TPSA) is 74.3 Å². The number of rotatable bonds is 5. The maximum atomic E-state index is 11.5. The Bertz CT molecular complexity index is 509. The van der Waals surface area contributed by atoms with E-state index >= 15 is 0 Å². The number of H-pyrrole nitrogens is 1. The minimum atomic E-state index is -0.237. The van der Waals surface area contributed by atoms with E-state index in [1.54, 1.807) is 24.4 Å². The van der Waals surface area contributed by atoms with Gasteiger partial charge in [-0.3, -0.25) is 4.79 Å². The van der Waals surface area contributed by atoms with E-state index in [1.807, 2.05) is 12.3 Å². The number of phenolic OH excluding ortho intramolecular Hbond substituents is 1. The summed E-state index contributed by atoms with van der Waals surface area (Å²) in [5, 5.41) is 12.2. The second kappa shape index (κ2) is 5.77. The van der Waals surface area contributed by atoms with Gasteiger partial charge in [0.05, 0.1) is 0 Å². The zero-order valence-electron chi connectivity index (χ0n) is 9.72. The maximum absolute atomic E-state index is 11.5. The van der Waals surface area contributed by atoms with E-state index in [-0.39, 0.29) is 18.3 Å². The second-order valence-corrected chi connectivity index (χ2v) is 3.75. The third-order valence-corrected chi connectivity index (χ3v) is 2.38. The first-order valence-electron chi connectivity index (χ1n) is 5.55. The highest BCUT2D eigenvalue weighted by atomic mass is 16.5. The molecule has 0 saturated heterocycles. The first kappa shape index (κ1) is 12.0. The Morgan fingerprint density at radius 1 is 1.33 bits per heavy atom. The van der Waals surface area contributed by atoms with Crippen LogP contribution in [0, 0.1) is 0 Å². The molecule has 0 bridgehead atoms. The van der Waals surface area contributed by atoms with Crippen molar-refractivity contribution in [2.75, 3.05) is 6.61 Å². The molecule has 5 nitrogen and oxygen atoms in total. The Morgan fingerprint density at radius 3 is 2.89 bits per heavy atom. The number of aromatic hydroxyl groups is 1. The number of carbonyl (C=O) groups is 1. The number of phenols is 1. The normalized spacial score (nSPS) is 10.0. The van der Waals surface area contributed by atoms with Crippen LogP contribution in [0.4, 0.5) is 0 Å². The molecule has 3 N–H and O–H groups in total. The van der Waals surface area contributed by atoms with Crippen LogP contribution in [0.5, 0.6) is 11.5 Å². The first-order chi connectivity index (χ1) is 8.75. The van der Waals surface area contributed by atoms with Gasteiger partial charge < -0.3 is 20.1 Å². The van der Waals surface area contributed by atoms with Gasteiger partial charge in [-0.25, -0.2) is 0 Å². The van der Waals surface area contributed by atoms with Gasteiger partial charge >= 0.3 is 0 Å². The van der Waals surface area contributed by atoms with Gasteiger partial charge in [0.15, 0.2) is 18.1 Å². The first-order valence-corrected chi connectivity index (χ1v) is 5.55. The van der Waals surface area contributed by atoms with Crippen LogP contribution in [0.1, 0.15) is 5.56 Å². The Balaban J connectivity index is 1.77. The summed E-state index contributed by atoms with van der Waals surface area (Å²) >= 11 is 0. The summed E-state index contributed by atoms with van der Waals surface area (Å²) in [5.41, 5.74) is 0.992. The Morgan fingerprint density at radius 2 is 2.17 bits per heavy atom. The number of benzene rings is 1. The van der Waals surface area contributed by atoms with Crippen molar-refractivity contribution in [3.8, 4) is 11.5 Å². The molecule has 0 unspecified atom stereocenters. The lowest BCUT2D eigenvalue weighted by atomic mass is 10.3. The Hall–Kier alpha value is -2.43. The van der Waals surface area contributed by atoms with Crippen LogP contribution in [0.15, 0.2) is 42.7 Å². The van der Waals surface area contributed by atoms with E-state index in [1.165, 1.54) is 6.07 Å². The van der Waals surface area contributed by atoms with Crippen LogP contribution >= 0.6 is 0 Å². The summed E-state index contributed by atoms with van der Waals surface area (Å²) < 4.78 is 5.20. The molecule has 2 rings (SSSR count). The highest BCUT2D eigenvalue weighted by Gasteiger charge is 2.05. The molecule has 1 aromatic heterocycles. The number of para-hydroxylation sites is 2. The van der Waals surface area contributed by atoms with Gasteiger partial charge in [0.2, 0.25) is 0 Å². The number of hydrogen-bond acceptors (Lipinski definition) is 3. The van der Waals surface area contributed by atoms with E-state index in [0.29, 0.717) is 12.3 Å². The van der Waals surface area contributed by atoms with Crippen molar-refractivity contribution in [1.29, 1.82) is 0 Å². The molecule has 0 atom stereocenters. The van der Waals surface area contributed by atoms with E-state index in [2.05, 4.69) is 10.3 Å². The Labute approximate surface area is 104 Å². The molecule has 0 radical (unpaired) electrons. The minimum absolute atomic E-state index is 0.0240. The van der Waals surface area contributed by atoms with Gasteiger partial charge in [-0.1, -0.05) is 12.1 Å². The third kappa shape index (κ3) is 3.28. The average molecular weight is 246 g/mol. The zero-order chi connectivity index (χ0) is 12.8. The summed E-state index contributed by atoms with van der Waals surface area (Å²) in [6.07, 6.45) is 3.60. The summed E-state index contributed by atoms with van der Waals surface area (Å²) in [7, 11) is 0. The highest BCUT2D eigenvalue weighted by Crippen LogP contribution is 2.23. The summed E-state index contributed by atoms with van der Waals surface area (Å²) in [4.78, 5) is 14.4. The molecule has 0 aliphatic heterocycles. The van der Waals surface area contributed by atoms with Crippen molar-refractivity contribution < 1.29 is 14.6 Å². The van der Waals surface area contributed by atoms with Gasteiger partial charge in [0.25, 0.3) is 5.91 Å². The smallest absolute Gasteiger partial charge is 0.258 e. The van der Waals surface area contributed by atoms with Crippen LogP contribution < -0.4 is 10.1 Å². The van der Waals surface area contributed by atoms with Crippen LogP contribution in [-0.4, -0.2) is 22.6 Å². The SMILES string of the molecule is O=C(COc1ccccc1O)NCc1cc[nH]c1. The van der Waals surface area contributed by atoms with E-state index in [9.17, 15) is 9.90 Å². The van der Waals surface area contributed by atoms with Gasteiger partial charge in [-0.05, 0) is 23.8 Å². The van der Waals surface area contributed by atoms with Crippen LogP contribution in [-0.2, 0) is 11.3 Å². The third-order valence-electron chi connectivity index (χ3n) is 2.38. The molecule has 18 heavy (non-hydrogen) atoms. The van der Waals surface area contributed by atoms with E-state index in [4.69, 9.17) is 4.74 Å². The van der Waals surface area contributed by atoms with Crippen LogP contribution in [0.25, 0.3) is 0 Å². The standard InChI is InChI=1S/C13H14N2O3/c16-11-3-1-2-4-12(11)18-9-13(17)15-8-10-5-6-14-7-10/h1-7,14,16H,8-9H2,(H,15,17). The lowest BCUT2D eigenvalue weighted by Gasteiger charge is -2.07. The molecule has 2 aromatic rings. The largest absolute Gasteiger partial charge is 0.504 e. The molecule has 1 amide bonds. The number of aromatic amines is 1. The van der Waals surface area contributed by atoms with Crippen molar-refractivity contribution in [2.45, 2.75) is 6.54 Å². The molecular formula is C13H14N2O3. The lowest BCUT2D eigenvalue weighted by molar-refractivity contribution is -0.123. The van der Waals surface area contributed by atoms with E-state index in [0.717, 1.165) is 5.56 Å². The van der Waals surface area contributed by atoms with Crippen LogP contribution in [0.3, 0.4) is 0 Å². The van der Waals surface area contributed by atoms with Gasteiger partial charge in [-0.15, -0.1) is 0 Å². The molecule has 0 saturated carbocycles. The molecule has 5 heteroatoms. The fourth-order valence-corrected chi connectivity index (χ4v) is 1.44. The molecule has 0 spiro atoms. The number of nitrogens with one attached hydrogen (secondary N) is 2. The minimum Gasteiger partial charge on any atom is -0.504 e. The lowest BCUT2D eigenvalue weighted by Crippen LogP contribution is -2.28. The Kier molecular flexibility index (Phi) is 3.86. The van der Waals surface area contributed by atoms with Crippen molar-refractivity contribution in [3.05, 3.63) is 48.3 Å². The monoisotopic (exact) mass is 246 g/mol. The number of carbonyl (C=O) groups excluding carboxylic acids is 1. The summed E-state index contributed by atoms with van der Waals surface area (Å²) in [6, 6.07) is 8.41. The fourth-order valence-electron chi connectivity index (χ4n) is 1.44. The zero-order valence-corrected chi connectivity index (χ0v) is 9.72. The fraction of sp³-hybridized carbons (Fsp3) is 0.154.